The molecule has 4 nitrogen and oxygen atoms in total. The van der Waals surface area contributed by atoms with Gasteiger partial charge in [-0.15, -0.1) is 0 Å². The van der Waals surface area contributed by atoms with Gasteiger partial charge >= 0.3 is 5.95 Å². The second kappa shape index (κ2) is 4.62. The number of nitrogens with one attached hydrogen (secondary N) is 1. The minimum Gasteiger partial charge on any atom is -0.295 e. The summed E-state index contributed by atoms with van der Waals surface area (Å²) in [5, 5.41) is 3.45. The number of carbonyl (C=O) groups excluding carboxylic acids is 1. The van der Waals surface area contributed by atoms with Gasteiger partial charge in [-0.1, -0.05) is 32.9 Å². The van der Waals surface area contributed by atoms with Crippen molar-refractivity contribution < 1.29 is 9.36 Å². The molecule has 0 atom stereocenters. The Balaban J connectivity index is 2.12. The lowest BCUT2D eigenvalue weighted by molar-refractivity contribution is -0.661. The molecule has 4 heteroatoms. The summed E-state index contributed by atoms with van der Waals surface area (Å²) in [4.78, 5) is 12.4. The number of imidazole rings is 1. The molecule has 3 rings (SSSR count). The number of Topliss-reactive ketones (excluding diaryl/α,β-unsaturated/α-hetero) is 1. The number of hydrogen-bond donors (Lipinski definition) is 1. The van der Waals surface area contributed by atoms with Crippen molar-refractivity contribution >= 4 is 22.8 Å². The number of anilines is 1. The molecule has 0 fully saturated rings. The van der Waals surface area contributed by atoms with Crippen LogP contribution in [0.1, 0.15) is 27.2 Å². The minimum atomic E-state index is -0.308. The van der Waals surface area contributed by atoms with Crippen LogP contribution in [-0.2, 0) is 17.9 Å². The number of hydrogen-bond acceptors (Lipinski definition) is 2. The van der Waals surface area contributed by atoms with Gasteiger partial charge in [0.1, 0.15) is 17.6 Å². The van der Waals surface area contributed by atoms with Crippen LogP contribution in [0.5, 0.6) is 0 Å². The average Bonchev–Trinajstić information content (AvgIpc) is 2.73. The normalized spacial score (nSPS) is 14.9. The van der Waals surface area contributed by atoms with E-state index in [-0.39, 0.29) is 11.2 Å². The summed E-state index contributed by atoms with van der Waals surface area (Å²) in [6.07, 6.45) is 1.12. The fourth-order valence-corrected chi connectivity index (χ4v) is 2.69. The molecule has 1 N–H and O–H groups in total. The van der Waals surface area contributed by atoms with Gasteiger partial charge in [0, 0.05) is 11.8 Å². The molecule has 0 saturated heterocycles. The van der Waals surface area contributed by atoms with Crippen LogP contribution in [0.2, 0.25) is 0 Å². The Kier molecular flexibility index (Phi) is 3.04. The Morgan fingerprint density at radius 2 is 2.10 bits per heavy atom. The fourth-order valence-electron chi connectivity index (χ4n) is 2.69. The van der Waals surface area contributed by atoms with Gasteiger partial charge in [0.2, 0.25) is 0 Å². The molecule has 1 aliphatic rings. The molecule has 0 spiro atoms. The highest BCUT2D eigenvalue weighted by atomic mass is 16.1. The molecule has 1 aromatic heterocycles. The van der Waals surface area contributed by atoms with E-state index in [9.17, 15) is 4.79 Å². The molecule has 0 amide bonds. The Morgan fingerprint density at radius 1 is 1.35 bits per heavy atom. The fraction of sp³-hybridized carbons (Fsp3) is 0.500. The number of aromatic nitrogens is 2. The number of nitrogens with zero attached hydrogens (tertiary/aromatic N) is 2. The largest absolute Gasteiger partial charge is 0.358 e. The molecule has 0 saturated carbocycles. The van der Waals surface area contributed by atoms with Crippen molar-refractivity contribution in [2.75, 3.05) is 11.9 Å². The summed E-state index contributed by atoms with van der Waals surface area (Å²) >= 11 is 0. The van der Waals surface area contributed by atoms with Crippen molar-refractivity contribution in [3.05, 3.63) is 24.3 Å². The Labute approximate surface area is 119 Å². The number of aryl methyl sites for hydroxylation is 1. The zero-order valence-electron chi connectivity index (χ0n) is 12.4. The van der Waals surface area contributed by atoms with Crippen LogP contribution >= 0.6 is 0 Å². The van der Waals surface area contributed by atoms with Crippen LogP contribution in [0, 0.1) is 5.41 Å². The number of para-hydroxylation sites is 2. The smallest absolute Gasteiger partial charge is 0.295 e. The third-order valence-electron chi connectivity index (χ3n) is 3.95. The van der Waals surface area contributed by atoms with E-state index in [2.05, 4.69) is 32.7 Å². The van der Waals surface area contributed by atoms with Gasteiger partial charge in [-0.05, 0) is 12.1 Å². The molecular formula is C16H22N3O+. The average molecular weight is 272 g/mol. The maximum atomic E-state index is 12.4. The monoisotopic (exact) mass is 272 g/mol. The summed E-state index contributed by atoms with van der Waals surface area (Å²) < 4.78 is 4.41. The van der Waals surface area contributed by atoms with Gasteiger partial charge in [-0.25, -0.2) is 9.13 Å². The molecular weight excluding hydrogens is 250 g/mol. The van der Waals surface area contributed by atoms with E-state index >= 15 is 0 Å². The third kappa shape index (κ3) is 2.09. The van der Waals surface area contributed by atoms with E-state index in [1.54, 1.807) is 0 Å². The summed E-state index contributed by atoms with van der Waals surface area (Å²) in [5.41, 5.74) is 2.03. The van der Waals surface area contributed by atoms with Gasteiger partial charge in [0.15, 0.2) is 5.78 Å². The number of ketones is 1. The lowest BCUT2D eigenvalue weighted by Gasteiger charge is -2.17. The zero-order chi connectivity index (χ0) is 14.3. The lowest BCUT2D eigenvalue weighted by atomic mass is 9.91. The maximum absolute atomic E-state index is 12.4. The van der Waals surface area contributed by atoms with Crippen molar-refractivity contribution in [2.45, 2.75) is 40.3 Å². The van der Waals surface area contributed by atoms with Crippen LogP contribution in [0.25, 0.3) is 11.0 Å². The molecule has 0 unspecified atom stereocenters. The number of rotatable bonds is 2. The van der Waals surface area contributed by atoms with Gasteiger partial charge in [-0.3, -0.25) is 10.1 Å². The summed E-state index contributed by atoms with van der Waals surface area (Å²) in [7, 11) is 0. The van der Waals surface area contributed by atoms with Gasteiger partial charge in [-0.2, -0.15) is 0 Å². The van der Waals surface area contributed by atoms with Crippen LogP contribution in [0.4, 0.5) is 5.95 Å². The van der Waals surface area contributed by atoms with Crippen molar-refractivity contribution in [2.24, 2.45) is 5.41 Å². The second-order valence-electron chi connectivity index (χ2n) is 6.50. The lowest BCUT2D eigenvalue weighted by Crippen LogP contribution is -2.42. The van der Waals surface area contributed by atoms with Gasteiger partial charge < -0.3 is 0 Å². The third-order valence-corrected chi connectivity index (χ3v) is 3.95. The number of fused-ring (bicyclic) bond motifs is 3. The minimum absolute atomic E-state index is 0.258. The van der Waals surface area contributed by atoms with E-state index in [4.69, 9.17) is 0 Å². The van der Waals surface area contributed by atoms with Crippen LogP contribution in [0.3, 0.4) is 0 Å². The van der Waals surface area contributed by atoms with Crippen molar-refractivity contribution in [3.8, 4) is 0 Å². The molecule has 20 heavy (non-hydrogen) atoms. The summed E-state index contributed by atoms with van der Waals surface area (Å²) in [6, 6.07) is 8.31. The molecule has 2 heterocycles. The van der Waals surface area contributed by atoms with Gasteiger partial charge in [0.25, 0.3) is 0 Å². The van der Waals surface area contributed by atoms with Crippen LogP contribution < -0.4 is 9.88 Å². The first-order valence-electron chi connectivity index (χ1n) is 7.27. The quantitative estimate of drug-likeness (QED) is 0.852. The number of benzene rings is 1. The highest BCUT2D eigenvalue weighted by Gasteiger charge is 2.30. The van der Waals surface area contributed by atoms with Gasteiger partial charge in [0.05, 0.1) is 13.1 Å². The standard InChI is InChI=1S/C16H21N3O/c1-16(2,3)14(20)11-19-13-8-5-4-7-12(13)18-10-6-9-17-15(18)19/h4-5,7-8H,6,9-11H2,1-3H3/p+1. The Hall–Kier alpha value is -1.84. The first kappa shape index (κ1) is 13.2. The van der Waals surface area contributed by atoms with E-state index < -0.39 is 0 Å². The molecule has 1 aromatic carbocycles. The Morgan fingerprint density at radius 3 is 2.85 bits per heavy atom. The molecule has 0 aliphatic carbocycles. The predicted molar refractivity (Wildman–Crippen MR) is 79.7 cm³/mol. The van der Waals surface area contributed by atoms with Crippen molar-refractivity contribution in [3.63, 3.8) is 0 Å². The van der Waals surface area contributed by atoms with Crippen LogP contribution in [-0.4, -0.2) is 16.9 Å². The van der Waals surface area contributed by atoms with E-state index in [1.165, 1.54) is 5.52 Å². The summed E-state index contributed by atoms with van der Waals surface area (Å²) in [6.45, 7) is 8.36. The summed E-state index contributed by atoms with van der Waals surface area (Å²) in [5.74, 6) is 1.32. The maximum Gasteiger partial charge on any atom is 0.358 e. The predicted octanol–water partition coefficient (Wildman–Crippen LogP) is 2.36. The van der Waals surface area contributed by atoms with Crippen molar-refractivity contribution in [1.82, 2.24) is 4.57 Å². The highest BCUT2D eigenvalue weighted by molar-refractivity contribution is 5.86. The SMILES string of the molecule is CC(C)(C)C(=O)Cn1c2[n+](c3ccccc31)CCCN2. The zero-order valence-corrected chi connectivity index (χ0v) is 12.4. The number of carbonyl (C=O) groups is 1. The van der Waals surface area contributed by atoms with E-state index in [0.29, 0.717) is 6.54 Å². The second-order valence-corrected chi connectivity index (χ2v) is 6.50. The van der Waals surface area contributed by atoms with E-state index in [0.717, 1.165) is 31.0 Å². The molecule has 0 radical (unpaired) electrons. The first-order chi connectivity index (χ1) is 9.48. The molecule has 2 aromatic rings. The molecule has 106 valence electrons. The molecule has 0 bridgehead atoms. The van der Waals surface area contributed by atoms with Crippen LogP contribution in [0.15, 0.2) is 24.3 Å². The highest BCUT2D eigenvalue weighted by Crippen LogP contribution is 2.23. The first-order valence-corrected chi connectivity index (χ1v) is 7.27. The molecule has 1 aliphatic heterocycles. The Bertz CT molecular complexity index is 664. The van der Waals surface area contributed by atoms with Crippen molar-refractivity contribution in [1.29, 1.82) is 0 Å². The topological polar surface area (TPSA) is 37.9 Å². The van der Waals surface area contributed by atoms with E-state index in [1.807, 2.05) is 26.8 Å².